The average molecular weight is 263 g/mol. The highest BCUT2D eigenvalue weighted by Crippen LogP contribution is 2.12. The zero-order valence-corrected chi connectivity index (χ0v) is 11.2. The number of nitrogens with one attached hydrogen (secondary N) is 1. The highest BCUT2D eigenvalue weighted by atomic mass is 16.3. The minimum absolute atomic E-state index is 0.00657. The summed E-state index contributed by atoms with van der Waals surface area (Å²) in [5, 5.41) is 16.0. The zero-order valence-electron chi connectivity index (χ0n) is 11.2. The van der Waals surface area contributed by atoms with E-state index in [9.17, 15) is 4.79 Å². The summed E-state index contributed by atoms with van der Waals surface area (Å²) in [6.45, 7) is 5.93. The number of amides is 1. The minimum Gasteiger partial charge on any atom is -0.396 e. The second-order valence-electron chi connectivity index (χ2n) is 5.23. The second kappa shape index (κ2) is 4.93. The monoisotopic (exact) mass is 263 g/mol. The van der Waals surface area contributed by atoms with E-state index in [1.165, 1.54) is 17.0 Å². The second-order valence-corrected chi connectivity index (χ2v) is 5.23. The molecule has 2 aromatic rings. The Morgan fingerprint density at radius 1 is 1.47 bits per heavy atom. The van der Waals surface area contributed by atoms with Crippen LogP contribution in [0, 0.1) is 12.3 Å². The van der Waals surface area contributed by atoms with Gasteiger partial charge in [0, 0.05) is 24.8 Å². The Hall–Kier alpha value is -2.02. The molecule has 2 aromatic heterocycles. The average Bonchev–Trinajstić information content (AvgIpc) is 2.86. The normalized spacial score (nSPS) is 11.8. The van der Waals surface area contributed by atoms with E-state index >= 15 is 0 Å². The van der Waals surface area contributed by atoms with E-state index in [2.05, 4.69) is 20.4 Å². The van der Waals surface area contributed by atoms with Crippen molar-refractivity contribution in [3.8, 4) is 0 Å². The number of aliphatic hydroxyl groups excluding tert-OH is 1. The maximum atomic E-state index is 12.1. The van der Waals surface area contributed by atoms with Gasteiger partial charge in [-0.05, 0) is 6.92 Å². The molecule has 0 radical (unpaired) electrons. The van der Waals surface area contributed by atoms with E-state index in [1.807, 2.05) is 13.8 Å². The number of carbonyl (C=O) groups is 1. The smallest absolute Gasteiger partial charge is 0.254 e. The molecule has 0 bridgehead atoms. The molecule has 0 aliphatic carbocycles. The first-order valence-corrected chi connectivity index (χ1v) is 5.99. The van der Waals surface area contributed by atoms with Crippen molar-refractivity contribution in [1.29, 1.82) is 0 Å². The van der Waals surface area contributed by atoms with Crippen molar-refractivity contribution in [3.63, 3.8) is 0 Å². The molecule has 0 unspecified atom stereocenters. The molecule has 0 aliphatic rings. The summed E-state index contributed by atoms with van der Waals surface area (Å²) in [7, 11) is 0. The minimum atomic E-state index is -0.353. The zero-order chi connectivity index (χ0) is 14.0. The van der Waals surface area contributed by atoms with Gasteiger partial charge in [-0.25, -0.2) is 9.50 Å². The van der Waals surface area contributed by atoms with Crippen LogP contribution in [0.15, 0.2) is 12.5 Å². The number of nitrogens with zero attached hydrogens (tertiary/aromatic N) is 4. The van der Waals surface area contributed by atoms with E-state index in [4.69, 9.17) is 5.11 Å². The van der Waals surface area contributed by atoms with Crippen LogP contribution < -0.4 is 5.32 Å². The largest absolute Gasteiger partial charge is 0.396 e. The number of aromatic nitrogens is 4. The van der Waals surface area contributed by atoms with Gasteiger partial charge in [0.2, 0.25) is 0 Å². The Kier molecular flexibility index (Phi) is 3.48. The molecule has 0 fully saturated rings. The quantitative estimate of drug-likeness (QED) is 0.821. The van der Waals surface area contributed by atoms with Crippen LogP contribution in [-0.4, -0.2) is 43.7 Å². The van der Waals surface area contributed by atoms with Crippen molar-refractivity contribution >= 4 is 11.7 Å². The molecule has 2 N–H and O–H groups in total. The van der Waals surface area contributed by atoms with E-state index in [0.717, 1.165) is 0 Å². The Morgan fingerprint density at radius 2 is 2.21 bits per heavy atom. The van der Waals surface area contributed by atoms with Crippen molar-refractivity contribution in [2.24, 2.45) is 5.41 Å². The number of carbonyl (C=O) groups excluding carboxylic acids is 1. The standard InChI is InChI=1S/C12H17N5O2/c1-8-9(4-13-11-15-7-16-17(8)11)10(19)14-5-12(2,3)6-18/h4,7,18H,5-6H2,1-3H3,(H,14,19). The fourth-order valence-corrected chi connectivity index (χ4v) is 1.58. The lowest BCUT2D eigenvalue weighted by Crippen LogP contribution is -2.36. The molecule has 2 heterocycles. The van der Waals surface area contributed by atoms with Gasteiger partial charge in [-0.2, -0.15) is 10.1 Å². The van der Waals surface area contributed by atoms with Gasteiger partial charge >= 0.3 is 0 Å². The van der Waals surface area contributed by atoms with Crippen LogP contribution in [-0.2, 0) is 0 Å². The van der Waals surface area contributed by atoms with E-state index in [-0.39, 0.29) is 17.9 Å². The van der Waals surface area contributed by atoms with Gasteiger partial charge in [0.1, 0.15) is 6.33 Å². The van der Waals surface area contributed by atoms with E-state index in [0.29, 0.717) is 23.6 Å². The molecule has 0 saturated carbocycles. The number of rotatable bonds is 4. The number of aryl methyl sites for hydroxylation is 1. The Morgan fingerprint density at radius 3 is 2.89 bits per heavy atom. The Bertz CT molecular complexity index is 605. The molecule has 7 nitrogen and oxygen atoms in total. The third-order valence-electron chi connectivity index (χ3n) is 2.95. The molecule has 19 heavy (non-hydrogen) atoms. The van der Waals surface area contributed by atoms with Gasteiger partial charge < -0.3 is 10.4 Å². The molecule has 102 valence electrons. The third kappa shape index (κ3) is 2.70. The lowest BCUT2D eigenvalue weighted by molar-refractivity contribution is 0.0909. The van der Waals surface area contributed by atoms with Gasteiger partial charge in [-0.15, -0.1) is 0 Å². The van der Waals surface area contributed by atoms with Crippen LogP contribution >= 0.6 is 0 Å². The lowest BCUT2D eigenvalue weighted by atomic mass is 9.95. The predicted molar refractivity (Wildman–Crippen MR) is 68.7 cm³/mol. The highest BCUT2D eigenvalue weighted by molar-refractivity contribution is 5.95. The first-order chi connectivity index (χ1) is 8.94. The van der Waals surface area contributed by atoms with Crippen LogP contribution in [0.25, 0.3) is 5.78 Å². The lowest BCUT2D eigenvalue weighted by Gasteiger charge is -2.22. The molecule has 0 aromatic carbocycles. The topological polar surface area (TPSA) is 92.4 Å². The van der Waals surface area contributed by atoms with Crippen molar-refractivity contribution < 1.29 is 9.90 Å². The van der Waals surface area contributed by atoms with Crippen LogP contribution in [0.5, 0.6) is 0 Å². The number of hydrogen-bond acceptors (Lipinski definition) is 5. The predicted octanol–water partition coefficient (Wildman–Crippen LogP) is 0.181. The summed E-state index contributed by atoms with van der Waals surface area (Å²) in [6.07, 6.45) is 2.88. The van der Waals surface area contributed by atoms with Gasteiger partial charge in [0.15, 0.2) is 0 Å². The van der Waals surface area contributed by atoms with Crippen LogP contribution in [0.4, 0.5) is 0 Å². The molecular formula is C12H17N5O2. The Labute approximate surface area is 110 Å². The summed E-state index contributed by atoms with van der Waals surface area (Å²) >= 11 is 0. The van der Waals surface area contributed by atoms with Gasteiger partial charge in [-0.3, -0.25) is 4.79 Å². The maximum absolute atomic E-state index is 12.1. The Balaban J connectivity index is 2.20. The van der Waals surface area contributed by atoms with Gasteiger partial charge in [0.05, 0.1) is 11.3 Å². The van der Waals surface area contributed by atoms with Crippen molar-refractivity contribution in [3.05, 3.63) is 23.8 Å². The summed E-state index contributed by atoms with van der Waals surface area (Å²) < 4.78 is 1.52. The summed E-state index contributed by atoms with van der Waals surface area (Å²) in [6, 6.07) is 0. The molecule has 0 aliphatic heterocycles. The van der Waals surface area contributed by atoms with Crippen LogP contribution in [0.3, 0.4) is 0 Å². The molecule has 2 rings (SSSR count). The van der Waals surface area contributed by atoms with E-state index < -0.39 is 0 Å². The van der Waals surface area contributed by atoms with Gasteiger partial charge in [0.25, 0.3) is 11.7 Å². The molecule has 1 amide bonds. The molecule has 7 heteroatoms. The van der Waals surface area contributed by atoms with Gasteiger partial charge in [-0.1, -0.05) is 13.8 Å². The fraction of sp³-hybridized carbons (Fsp3) is 0.500. The highest BCUT2D eigenvalue weighted by Gasteiger charge is 2.19. The number of aliphatic hydroxyl groups is 1. The summed E-state index contributed by atoms with van der Waals surface area (Å²) in [5.74, 6) is 0.230. The summed E-state index contributed by atoms with van der Waals surface area (Å²) in [4.78, 5) is 20.1. The van der Waals surface area contributed by atoms with E-state index in [1.54, 1.807) is 6.92 Å². The molecule has 0 atom stereocenters. The fourth-order valence-electron chi connectivity index (χ4n) is 1.58. The van der Waals surface area contributed by atoms with Crippen molar-refractivity contribution in [2.45, 2.75) is 20.8 Å². The maximum Gasteiger partial charge on any atom is 0.254 e. The number of hydrogen-bond donors (Lipinski definition) is 2. The van der Waals surface area contributed by atoms with Crippen molar-refractivity contribution in [2.75, 3.05) is 13.2 Å². The molecule has 0 spiro atoms. The van der Waals surface area contributed by atoms with Crippen LogP contribution in [0.2, 0.25) is 0 Å². The SMILES string of the molecule is Cc1c(C(=O)NCC(C)(C)CO)cnc2ncnn12. The first kappa shape index (κ1) is 13.4. The first-order valence-electron chi connectivity index (χ1n) is 5.99. The van der Waals surface area contributed by atoms with Crippen molar-refractivity contribution in [1.82, 2.24) is 24.9 Å². The van der Waals surface area contributed by atoms with Crippen LogP contribution in [0.1, 0.15) is 29.9 Å². The number of fused-ring (bicyclic) bond motifs is 1. The summed E-state index contributed by atoms with van der Waals surface area (Å²) in [5.41, 5.74) is 0.780. The molecule has 0 saturated heterocycles. The third-order valence-corrected chi connectivity index (χ3v) is 2.95. The molecular weight excluding hydrogens is 246 g/mol.